The van der Waals surface area contributed by atoms with Crippen LogP contribution in [0.3, 0.4) is 0 Å². The molecule has 0 amide bonds. The largest absolute Gasteiger partial charge is 0.489 e. The summed E-state index contributed by atoms with van der Waals surface area (Å²) in [5.41, 5.74) is 3.87. The molecule has 0 bridgehead atoms. The first kappa shape index (κ1) is 37.8. The van der Waals surface area contributed by atoms with Gasteiger partial charge in [-0.2, -0.15) is 0 Å². The van der Waals surface area contributed by atoms with Crippen molar-refractivity contribution in [1.82, 2.24) is 0 Å². The van der Waals surface area contributed by atoms with E-state index in [-0.39, 0.29) is 24.7 Å². The van der Waals surface area contributed by atoms with E-state index in [0.717, 1.165) is 63.5 Å². The molecule has 0 N–H and O–H groups in total. The number of aryl methyl sites for hydroxylation is 1. The molecule has 2 aromatic rings. The highest BCUT2D eigenvalue weighted by atomic mass is 16.7. The number of ether oxygens (including phenoxy) is 7. The fourth-order valence-electron chi connectivity index (χ4n) is 9.56. The summed E-state index contributed by atoms with van der Waals surface area (Å²) in [5, 5.41) is 0. The molecule has 3 fully saturated rings. The molecule has 6 rings (SSSR count). The van der Waals surface area contributed by atoms with Crippen LogP contribution in [0.5, 0.6) is 5.75 Å². The zero-order valence-corrected chi connectivity index (χ0v) is 30.9. The van der Waals surface area contributed by atoms with Crippen LogP contribution in [-0.2, 0) is 51.0 Å². The van der Waals surface area contributed by atoms with Gasteiger partial charge in [0, 0.05) is 24.4 Å². The molecule has 1 heterocycles. The first-order valence-corrected chi connectivity index (χ1v) is 19.5. The maximum Gasteiger partial charge on any atom is 0.320 e. The van der Waals surface area contributed by atoms with Crippen LogP contribution in [0.4, 0.5) is 0 Å². The average molecular weight is 707 g/mol. The third kappa shape index (κ3) is 8.48. The van der Waals surface area contributed by atoms with Gasteiger partial charge in [0.2, 0.25) is 0 Å². The van der Waals surface area contributed by atoms with Gasteiger partial charge in [-0.05, 0) is 93.0 Å². The molecule has 4 aliphatic rings. The number of fused-ring (bicyclic) bond motifs is 6. The molecule has 0 unspecified atom stereocenters. The zero-order chi connectivity index (χ0) is 35.7. The van der Waals surface area contributed by atoms with E-state index in [1.807, 2.05) is 18.2 Å². The number of unbranched alkanes of at least 4 members (excludes halogenated alkanes) is 3. The molecule has 0 aromatic heterocycles. The first-order valence-electron chi connectivity index (χ1n) is 19.5. The van der Waals surface area contributed by atoms with E-state index in [9.17, 15) is 9.59 Å². The fourth-order valence-corrected chi connectivity index (χ4v) is 9.56. The van der Waals surface area contributed by atoms with Crippen LogP contribution >= 0.6 is 0 Å². The number of hydrogen-bond donors (Lipinski definition) is 0. The second kappa shape index (κ2) is 17.7. The summed E-state index contributed by atoms with van der Waals surface area (Å²) < 4.78 is 42.1. The highest BCUT2D eigenvalue weighted by Crippen LogP contribution is 2.66. The predicted octanol–water partition coefficient (Wildman–Crippen LogP) is 7.57. The van der Waals surface area contributed by atoms with Gasteiger partial charge in [-0.1, -0.05) is 62.6 Å². The molecule has 2 aromatic carbocycles. The minimum atomic E-state index is -0.840. The second-order valence-electron chi connectivity index (χ2n) is 14.9. The lowest BCUT2D eigenvalue weighted by atomic mass is 9.53. The van der Waals surface area contributed by atoms with Crippen LogP contribution in [0.25, 0.3) is 0 Å². The number of esters is 2. The number of carbonyl (C=O) groups is 2. The molecule has 5 atom stereocenters. The van der Waals surface area contributed by atoms with Gasteiger partial charge in [0.25, 0.3) is 0 Å². The summed E-state index contributed by atoms with van der Waals surface area (Å²) in [6.07, 6.45) is 9.20. The molecule has 1 spiro atoms. The molecule has 3 aliphatic carbocycles. The lowest BCUT2D eigenvalue weighted by molar-refractivity contribution is -0.250. The van der Waals surface area contributed by atoms with Crippen molar-refractivity contribution in [2.24, 2.45) is 23.2 Å². The Balaban J connectivity index is 1.02. The van der Waals surface area contributed by atoms with E-state index >= 15 is 0 Å². The fraction of sp³-hybridized carbons (Fsp3) is 0.667. The summed E-state index contributed by atoms with van der Waals surface area (Å²) in [7, 11) is 0. The molecule has 1 aliphatic heterocycles. The highest BCUT2D eigenvalue weighted by Gasteiger charge is 2.67. The van der Waals surface area contributed by atoms with Gasteiger partial charge in [0.05, 0.1) is 45.7 Å². The van der Waals surface area contributed by atoms with Gasteiger partial charge in [-0.25, -0.2) is 0 Å². The maximum atomic E-state index is 12.2. The monoisotopic (exact) mass is 706 g/mol. The second-order valence-corrected chi connectivity index (χ2v) is 14.9. The SMILES string of the molecule is CCOC(=O)C(CCCCCCOCCO[C@H]1C[C@@]2(C)[C@@H](CCC23OCCO3)[C@@H]2CCc3cc(OCc4ccccc4)ccc3[C@H]21)C(=O)OCC. The van der Waals surface area contributed by atoms with Crippen molar-refractivity contribution in [3.8, 4) is 5.75 Å². The Bertz CT molecular complexity index is 1400. The van der Waals surface area contributed by atoms with Crippen molar-refractivity contribution >= 4 is 11.9 Å². The average Bonchev–Trinajstić information content (AvgIpc) is 3.74. The van der Waals surface area contributed by atoms with Crippen LogP contribution in [0.1, 0.15) is 101 Å². The Labute approximate surface area is 304 Å². The zero-order valence-electron chi connectivity index (χ0n) is 30.9. The molecule has 2 saturated carbocycles. The lowest BCUT2D eigenvalue weighted by Crippen LogP contribution is -2.56. The Kier molecular flexibility index (Phi) is 13.1. The van der Waals surface area contributed by atoms with Gasteiger partial charge in [-0.15, -0.1) is 0 Å². The van der Waals surface area contributed by atoms with Crippen LogP contribution in [0.15, 0.2) is 48.5 Å². The number of benzene rings is 2. The first-order chi connectivity index (χ1) is 24.9. The summed E-state index contributed by atoms with van der Waals surface area (Å²) >= 11 is 0. The summed E-state index contributed by atoms with van der Waals surface area (Å²) in [6.45, 7) is 10.0. The molecule has 9 heteroatoms. The van der Waals surface area contributed by atoms with E-state index in [1.54, 1.807) is 13.8 Å². The van der Waals surface area contributed by atoms with Crippen molar-refractivity contribution in [2.45, 2.75) is 109 Å². The van der Waals surface area contributed by atoms with E-state index in [1.165, 1.54) is 16.7 Å². The third-order valence-electron chi connectivity index (χ3n) is 11.9. The van der Waals surface area contributed by atoms with Crippen molar-refractivity contribution in [2.75, 3.05) is 46.2 Å². The van der Waals surface area contributed by atoms with Crippen LogP contribution in [0.2, 0.25) is 0 Å². The summed E-state index contributed by atoms with van der Waals surface area (Å²) in [6, 6.07) is 17.0. The molecule has 9 nitrogen and oxygen atoms in total. The third-order valence-corrected chi connectivity index (χ3v) is 11.9. The van der Waals surface area contributed by atoms with Crippen LogP contribution in [0, 0.1) is 23.2 Å². The van der Waals surface area contributed by atoms with Crippen molar-refractivity contribution in [3.05, 3.63) is 65.2 Å². The van der Waals surface area contributed by atoms with Gasteiger partial charge >= 0.3 is 11.9 Å². The van der Waals surface area contributed by atoms with E-state index in [4.69, 9.17) is 33.2 Å². The molecule has 1 saturated heterocycles. The molecule has 280 valence electrons. The van der Waals surface area contributed by atoms with E-state index < -0.39 is 23.6 Å². The number of rotatable bonds is 18. The van der Waals surface area contributed by atoms with E-state index in [0.29, 0.717) is 63.8 Å². The molecule has 51 heavy (non-hydrogen) atoms. The smallest absolute Gasteiger partial charge is 0.320 e. The summed E-state index contributed by atoms with van der Waals surface area (Å²) in [4.78, 5) is 24.5. The van der Waals surface area contributed by atoms with Crippen molar-refractivity contribution in [3.63, 3.8) is 0 Å². The Hall–Kier alpha value is -2.98. The van der Waals surface area contributed by atoms with Crippen LogP contribution in [-0.4, -0.2) is 70.1 Å². The normalized spacial score (nSPS) is 26.0. The Morgan fingerprint density at radius 2 is 1.63 bits per heavy atom. The highest BCUT2D eigenvalue weighted by molar-refractivity contribution is 5.94. The number of hydrogen-bond acceptors (Lipinski definition) is 9. The molecule has 0 radical (unpaired) electrons. The Morgan fingerprint density at radius 3 is 2.37 bits per heavy atom. The predicted molar refractivity (Wildman–Crippen MR) is 192 cm³/mol. The minimum Gasteiger partial charge on any atom is -0.489 e. The number of carbonyl (C=O) groups excluding carboxylic acids is 2. The van der Waals surface area contributed by atoms with Gasteiger partial charge in [0.15, 0.2) is 11.7 Å². The molecular formula is C42H58O9. The van der Waals surface area contributed by atoms with Gasteiger partial charge in [0.1, 0.15) is 12.4 Å². The lowest BCUT2D eigenvalue weighted by Gasteiger charge is -2.55. The van der Waals surface area contributed by atoms with Crippen LogP contribution < -0.4 is 4.74 Å². The minimum absolute atomic E-state index is 0.0458. The standard InChI is InChI=1S/C42H58O9/c1-4-46-39(43)35(40(44)47-5-2)15-11-6-7-12-22-45-23-24-48-37-28-41(3)36(20-21-42(41)50-25-26-51-42)34-18-16-31-27-32(17-19-33(31)38(34)37)49-29-30-13-9-8-10-14-30/h8-10,13-14,17,19,27,34-38H,4-7,11-12,15-16,18,20-26,28-29H2,1-3H3/t34-,36-,37-,38+,41-/m0/s1. The van der Waals surface area contributed by atoms with Crippen molar-refractivity contribution < 1.29 is 42.7 Å². The maximum absolute atomic E-state index is 12.2. The molecular weight excluding hydrogens is 648 g/mol. The quantitative estimate of drug-likeness (QED) is 0.0883. The van der Waals surface area contributed by atoms with Gasteiger partial charge < -0.3 is 33.2 Å². The van der Waals surface area contributed by atoms with Gasteiger partial charge in [-0.3, -0.25) is 9.59 Å². The van der Waals surface area contributed by atoms with Crippen molar-refractivity contribution in [1.29, 1.82) is 0 Å². The Morgan fingerprint density at radius 1 is 0.882 bits per heavy atom. The topological polar surface area (TPSA) is 98.8 Å². The van der Waals surface area contributed by atoms with E-state index in [2.05, 4.69) is 37.3 Å². The summed E-state index contributed by atoms with van der Waals surface area (Å²) in [5.74, 6) is -0.0353.